The molecular formula is C10H11BrFN6O+. The second-order valence-electron chi connectivity index (χ2n) is 4.16. The van der Waals surface area contributed by atoms with Crippen LogP contribution in [0.2, 0.25) is 0 Å². The maximum Gasteiger partial charge on any atom is 0.409 e. The van der Waals surface area contributed by atoms with E-state index in [0.29, 0.717) is 27.4 Å². The normalized spacial score (nSPS) is 11.7. The Labute approximate surface area is 114 Å². The fraction of sp³-hybridized carbons (Fsp3) is 0.400. The van der Waals surface area contributed by atoms with Crippen LogP contribution in [0.25, 0.3) is 16.8 Å². The molecule has 0 aromatic carbocycles. The molecule has 3 aromatic rings. The van der Waals surface area contributed by atoms with Crippen molar-refractivity contribution in [1.29, 1.82) is 0 Å². The van der Waals surface area contributed by atoms with Gasteiger partial charge in [-0.2, -0.15) is 0 Å². The van der Waals surface area contributed by atoms with Crippen LogP contribution < -0.4 is 10.7 Å². The molecule has 0 fully saturated rings. The number of nitrogens with zero attached hydrogens (tertiary/aromatic N) is 4. The highest BCUT2D eigenvalue weighted by Crippen LogP contribution is 2.14. The SMILES string of the molecule is Cc1nc2c3[nH]c(Br)[nH+]c3n(CCCF)c(=O)n2n1. The largest absolute Gasteiger partial charge is 0.409 e. The van der Waals surface area contributed by atoms with E-state index in [9.17, 15) is 9.18 Å². The maximum absolute atomic E-state index is 12.4. The topological polar surface area (TPSA) is 82.1 Å². The van der Waals surface area contributed by atoms with Crippen LogP contribution >= 0.6 is 15.9 Å². The van der Waals surface area contributed by atoms with Crippen LogP contribution in [-0.4, -0.2) is 30.8 Å². The molecule has 0 aliphatic carbocycles. The summed E-state index contributed by atoms with van der Waals surface area (Å²) in [5.41, 5.74) is 1.35. The average molecular weight is 330 g/mol. The molecule has 3 rings (SSSR count). The third-order valence-electron chi connectivity index (χ3n) is 2.83. The summed E-state index contributed by atoms with van der Waals surface area (Å²) in [5, 5.41) is 4.07. The molecule has 0 bridgehead atoms. The van der Waals surface area contributed by atoms with E-state index in [1.165, 1.54) is 9.08 Å². The molecule has 0 unspecified atom stereocenters. The third kappa shape index (κ3) is 1.84. The highest BCUT2D eigenvalue weighted by atomic mass is 79.9. The van der Waals surface area contributed by atoms with Crippen molar-refractivity contribution < 1.29 is 9.37 Å². The van der Waals surface area contributed by atoms with E-state index in [1.807, 2.05) is 0 Å². The van der Waals surface area contributed by atoms with Crippen molar-refractivity contribution in [3.63, 3.8) is 0 Å². The van der Waals surface area contributed by atoms with Crippen molar-refractivity contribution in [2.45, 2.75) is 19.9 Å². The molecule has 100 valence electrons. The van der Waals surface area contributed by atoms with Crippen molar-refractivity contribution >= 4 is 32.7 Å². The number of halogens is 2. The molecule has 2 N–H and O–H groups in total. The van der Waals surface area contributed by atoms with Gasteiger partial charge >= 0.3 is 5.69 Å². The summed E-state index contributed by atoms with van der Waals surface area (Å²) in [6.07, 6.45) is 0.269. The lowest BCUT2D eigenvalue weighted by atomic mass is 10.4. The fourth-order valence-electron chi connectivity index (χ4n) is 2.08. The van der Waals surface area contributed by atoms with Crippen LogP contribution in [0.5, 0.6) is 0 Å². The predicted octanol–water partition coefficient (Wildman–Crippen LogP) is 0.617. The minimum Gasteiger partial charge on any atom is -0.258 e. The van der Waals surface area contributed by atoms with Gasteiger partial charge < -0.3 is 0 Å². The molecule has 3 heterocycles. The fourth-order valence-corrected chi connectivity index (χ4v) is 2.46. The number of rotatable bonds is 3. The summed E-state index contributed by atoms with van der Waals surface area (Å²) in [5.74, 6) is 0.507. The number of hydrogen-bond donors (Lipinski definition) is 1. The lowest BCUT2D eigenvalue weighted by Gasteiger charge is -2.00. The Morgan fingerprint density at radius 3 is 3.05 bits per heavy atom. The number of H-pyrrole nitrogens is 2. The van der Waals surface area contributed by atoms with Crippen LogP contribution in [0.3, 0.4) is 0 Å². The van der Waals surface area contributed by atoms with Crippen molar-refractivity contribution in [1.82, 2.24) is 24.1 Å². The van der Waals surface area contributed by atoms with Crippen LogP contribution in [0.1, 0.15) is 12.2 Å². The second-order valence-corrected chi connectivity index (χ2v) is 4.95. The zero-order valence-electron chi connectivity index (χ0n) is 10.1. The highest BCUT2D eigenvalue weighted by Gasteiger charge is 2.22. The van der Waals surface area contributed by atoms with Gasteiger partial charge in [-0.05, 0) is 6.92 Å². The zero-order chi connectivity index (χ0) is 13.6. The Morgan fingerprint density at radius 2 is 2.32 bits per heavy atom. The van der Waals surface area contributed by atoms with Gasteiger partial charge in [0.1, 0.15) is 5.82 Å². The van der Waals surface area contributed by atoms with E-state index in [0.717, 1.165) is 0 Å². The maximum atomic E-state index is 12.4. The van der Waals surface area contributed by atoms with Crippen molar-refractivity contribution in [3.05, 3.63) is 21.0 Å². The molecule has 7 nitrogen and oxygen atoms in total. The first kappa shape index (κ1) is 12.3. The smallest absolute Gasteiger partial charge is 0.258 e. The lowest BCUT2D eigenvalue weighted by molar-refractivity contribution is -0.364. The average Bonchev–Trinajstić information content (AvgIpc) is 2.92. The van der Waals surface area contributed by atoms with Crippen LogP contribution in [-0.2, 0) is 6.54 Å². The van der Waals surface area contributed by atoms with Gasteiger partial charge in [0.2, 0.25) is 11.2 Å². The molecule has 3 aromatic heterocycles. The number of fused-ring (bicyclic) bond motifs is 3. The molecular weight excluding hydrogens is 319 g/mol. The van der Waals surface area contributed by atoms with E-state index >= 15 is 0 Å². The van der Waals surface area contributed by atoms with E-state index < -0.39 is 6.67 Å². The summed E-state index contributed by atoms with van der Waals surface area (Å²) >= 11 is 3.29. The lowest BCUT2D eigenvalue weighted by Crippen LogP contribution is -2.30. The van der Waals surface area contributed by atoms with Gasteiger partial charge in [0.25, 0.3) is 10.4 Å². The molecule has 0 saturated carbocycles. The summed E-state index contributed by atoms with van der Waals surface area (Å²) in [6.45, 7) is 1.52. The molecule has 0 aliphatic rings. The molecule has 0 radical (unpaired) electrons. The predicted molar refractivity (Wildman–Crippen MR) is 68.7 cm³/mol. The summed E-state index contributed by atoms with van der Waals surface area (Å²) in [6, 6.07) is 0. The first-order valence-corrected chi connectivity index (χ1v) is 6.53. The number of aromatic nitrogens is 6. The molecule has 0 atom stereocenters. The van der Waals surface area contributed by atoms with Gasteiger partial charge in [-0.15, -0.1) is 9.61 Å². The standard InChI is InChI=1S/C10H10BrFN6O/c1-5-13-8-6-7(15-9(11)14-6)17(4-2-3-12)10(19)18(8)16-5/h2-4H2,1H3,(H,14,15)/p+1. The van der Waals surface area contributed by atoms with Gasteiger partial charge in [-0.3, -0.25) is 9.37 Å². The first-order valence-electron chi connectivity index (χ1n) is 5.74. The minimum atomic E-state index is -0.478. The number of hydrogen-bond acceptors (Lipinski definition) is 3. The Balaban J connectivity index is 2.43. The summed E-state index contributed by atoms with van der Waals surface area (Å²) in [4.78, 5) is 22.6. The van der Waals surface area contributed by atoms with Gasteiger partial charge in [0, 0.05) is 22.4 Å². The van der Waals surface area contributed by atoms with E-state index in [4.69, 9.17) is 0 Å². The van der Waals surface area contributed by atoms with Crippen LogP contribution in [0.4, 0.5) is 4.39 Å². The van der Waals surface area contributed by atoms with Gasteiger partial charge in [-0.25, -0.2) is 19.3 Å². The zero-order valence-corrected chi connectivity index (χ0v) is 11.7. The Kier molecular flexibility index (Phi) is 2.85. The Hall–Kier alpha value is -1.77. The highest BCUT2D eigenvalue weighted by molar-refractivity contribution is 9.10. The summed E-state index contributed by atoms with van der Waals surface area (Å²) in [7, 11) is 0. The minimum absolute atomic E-state index is 0.269. The monoisotopic (exact) mass is 329 g/mol. The molecule has 19 heavy (non-hydrogen) atoms. The first-order chi connectivity index (χ1) is 9.11. The Bertz CT molecular complexity index is 819. The number of alkyl halides is 1. The number of aromatic amines is 2. The second kappa shape index (κ2) is 4.41. The molecule has 9 heteroatoms. The molecule has 0 saturated heterocycles. The van der Waals surface area contributed by atoms with Gasteiger partial charge in [0.15, 0.2) is 0 Å². The number of aryl methyl sites for hydroxylation is 2. The van der Waals surface area contributed by atoms with Crippen molar-refractivity contribution in [2.24, 2.45) is 0 Å². The molecule has 0 aliphatic heterocycles. The van der Waals surface area contributed by atoms with Gasteiger partial charge in [-0.1, -0.05) is 0 Å². The van der Waals surface area contributed by atoms with Crippen LogP contribution in [0.15, 0.2) is 9.53 Å². The summed E-state index contributed by atoms with van der Waals surface area (Å²) < 4.78 is 15.7. The number of imidazole rings is 1. The van der Waals surface area contributed by atoms with Crippen molar-refractivity contribution in [2.75, 3.05) is 6.67 Å². The van der Waals surface area contributed by atoms with E-state index in [-0.39, 0.29) is 18.7 Å². The molecule has 0 amide bonds. The van der Waals surface area contributed by atoms with E-state index in [1.54, 1.807) is 6.92 Å². The molecule has 0 spiro atoms. The Morgan fingerprint density at radius 1 is 1.53 bits per heavy atom. The van der Waals surface area contributed by atoms with Crippen molar-refractivity contribution in [3.8, 4) is 0 Å². The van der Waals surface area contributed by atoms with Gasteiger partial charge in [0.05, 0.1) is 13.2 Å². The van der Waals surface area contributed by atoms with Crippen LogP contribution in [0, 0.1) is 6.92 Å². The quantitative estimate of drug-likeness (QED) is 0.715. The third-order valence-corrected chi connectivity index (χ3v) is 3.23. The number of nitrogens with one attached hydrogen (secondary N) is 2. The van der Waals surface area contributed by atoms with E-state index in [2.05, 4.69) is 36.0 Å².